The van der Waals surface area contributed by atoms with Crippen molar-refractivity contribution in [2.75, 3.05) is 52.9 Å². The molecule has 0 N–H and O–H groups in total. The van der Waals surface area contributed by atoms with Crippen molar-refractivity contribution in [1.82, 2.24) is 18.4 Å². The van der Waals surface area contributed by atoms with Gasteiger partial charge in [-0.05, 0) is 12.8 Å². The van der Waals surface area contributed by atoms with Crippen LogP contribution in [0.4, 0.5) is 0 Å². The summed E-state index contributed by atoms with van der Waals surface area (Å²) in [4.78, 5) is 16.1. The number of carbonyl (C=O) groups excluding carboxylic acids is 1. The molecule has 1 atom stereocenters. The Bertz CT molecular complexity index is 504. The van der Waals surface area contributed by atoms with Crippen LogP contribution in [0.15, 0.2) is 0 Å². The highest BCUT2D eigenvalue weighted by atomic mass is 32.2. The molecule has 0 spiro atoms. The van der Waals surface area contributed by atoms with Gasteiger partial charge in [-0.15, -0.1) is 0 Å². The van der Waals surface area contributed by atoms with Crippen LogP contribution < -0.4 is 0 Å². The van der Waals surface area contributed by atoms with Gasteiger partial charge in [0.1, 0.15) is 6.04 Å². The average Bonchev–Trinajstić information content (AvgIpc) is 2.51. The van der Waals surface area contributed by atoms with E-state index in [1.807, 2.05) is 0 Å². The van der Waals surface area contributed by atoms with Crippen LogP contribution in [0.5, 0.6) is 0 Å². The van der Waals surface area contributed by atoms with Crippen LogP contribution in [0.3, 0.4) is 0 Å². The third-order valence-electron chi connectivity index (χ3n) is 4.81. The Labute approximate surface area is 126 Å². The molecule has 0 bridgehead atoms. The molecule has 7 nitrogen and oxygen atoms in total. The average molecular weight is 316 g/mol. The van der Waals surface area contributed by atoms with Gasteiger partial charge in [-0.1, -0.05) is 6.42 Å². The van der Waals surface area contributed by atoms with Gasteiger partial charge in [-0.25, -0.2) is 0 Å². The van der Waals surface area contributed by atoms with Gasteiger partial charge in [-0.2, -0.15) is 17.0 Å². The summed E-state index contributed by atoms with van der Waals surface area (Å²) in [6.07, 6.45) is 2.97. The molecular weight excluding hydrogens is 292 g/mol. The predicted molar refractivity (Wildman–Crippen MR) is 78.9 cm³/mol. The first-order valence-electron chi connectivity index (χ1n) is 7.74. The number of piperazine rings is 2. The molecule has 3 rings (SSSR count). The summed E-state index contributed by atoms with van der Waals surface area (Å²) in [5.74, 6) is 0.0415. The van der Waals surface area contributed by atoms with Crippen molar-refractivity contribution >= 4 is 16.1 Å². The number of nitrogens with zero attached hydrogens (tertiary/aromatic N) is 4. The van der Waals surface area contributed by atoms with Crippen molar-refractivity contribution in [3.8, 4) is 0 Å². The van der Waals surface area contributed by atoms with Gasteiger partial charge < -0.3 is 4.90 Å². The minimum absolute atomic E-state index is 0.0415. The molecule has 3 saturated heterocycles. The van der Waals surface area contributed by atoms with Crippen molar-refractivity contribution in [3.05, 3.63) is 0 Å². The van der Waals surface area contributed by atoms with Crippen LogP contribution in [0.25, 0.3) is 0 Å². The second kappa shape index (κ2) is 5.83. The third kappa shape index (κ3) is 2.81. The van der Waals surface area contributed by atoms with Crippen molar-refractivity contribution in [1.29, 1.82) is 0 Å². The fourth-order valence-corrected chi connectivity index (χ4v) is 5.10. The van der Waals surface area contributed by atoms with E-state index in [0.717, 1.165) is 32.4 Å². The zero-order valence-electron chi connectivity index (χ0n) is 12.6. The van der Waals surface area contributed by atoms with Gasteiger partial charge in [0, 0.05) is 52.9 Å². The van der Waals surface area contributed by atoms with Crippen molar-refractivity contribution in [2.24, 2.45) is 0 Å². The highest BCUT2D eigenvalue weighted by Gasteiger charge is 2.42. The molecule has 3 fully saturated rings. The van der Waals surface area contributed by atoms with Crippen LogP contribution in [0, 0.1) is 0 Å². The summed E-state index contributed by atoms with van der Waals surface area (Å²) in [5.41, 5.74) is 0. The third-order valence-corrected chi connectivity index (χ3v) is 6.81. The van der Waals surface area contributed by atoms with Gasteiger partial charge >= 0.3 is 0 Å². The smallest absolute Gasteiger partial charge is 0.282 e. The molecule has 21 heavy (non-hydrogen) atoms. The maximum Gasteiger partial charge on any atom is 0.282 e. The number of amides is 1. The van der Waals surface area contributed by atoms with E-state index in [1.165, 1.54) is 4.31 Å². The van der Waals surface area contributed by atoms with Gasteiger partial charge in [-0.3, -0.25) is 9.69 Å². The van der Waals surface area contributed by atoms with E-state index in [9.17, 15) is 13.2 Å². The molecule has 3 aliphatic rings. The Morgan fingerprint density at radius 1 is 0.905 bits per heavy atom. The summed E-state index contributed by atoms with van der Waals surface area (Å²) in [6.45, 7) is 4.23. The Kier molecular flexibility index (Phi) is 4.22. The number of piperidine rings is 1. The molecule has 0 unspecified atom stereocenters. The van der Waals surface area contributed by atoms with E-state index in [1.54, 1.807) is 16.3 Å². The normalized spacial score (nSPS) is 30.4. The molecule has 0 aromatic heterocycles. The lowest BCUT2D eigenvalue weighted by molar-refractivity contribution is -0.142. The van der Waals surface area contributed by atoms with Crippen molar-refractivity contribution in [3.63, 3.8) is 0 Å². The molecule has 0 aromatic rings. The quantitative estimate of drug-likeness (QED) is 0.667. The zero-order valence-corrected chi connectivity index (χ0v) is 13.4. The minimum Gasteiger partial charge on any atom is -0.343 e. The van der Waals surface area contributed by atoms with Gasteiger partial charge in [0.15, 0.2) is 0 Å². The fourth-order valence-electron chi connectivity index (χ4n) is 3.41. The summed E-state index contributed by atoms with van der Waals surface area (Å²) in [5, 5.41) is 0. The SMILES string of the molecule is CN1CCN2CCN(S(=O)(=O)N3CCCCC3)C[C@@H]2C1=O. The summed E-state index contributed by atoms with van der Waals surface area (Å²) in [6, 6.07) is -0.308. The lowest BCUT2D eigenvalue weighted by atomic mass is 10.1. The lowest BCUT2D eigenvalue weighted by Gasteiger charge is -2.45. The summed E-state index contributed by atoms with van der Waals surface area (Å²) >= 11 is 0. The molecule has 8 heteroatoms. The molecule has 120 valence electrons. The van der Waals surface area contributed by atoms with Crippen molar-refractivity contribution < 1.29 is 13.2 Å². The second-order valence-electron chi connectivity index (χ2n) is 6.14. The second-order valence-corrected chi connectivity index (χ2v) is 8.07. The van der Waals surface area contributed by atoms with E-state index in [-0.39, 0.29) is 11.9 Å². The Hall–Kier alpha value is -0.700. The largest absolute Gasteiger partial charge is 0.343 e. The predicted octanol–water partition coefficient (Wildman–Crippen LogP) is -0.825. The summed E-state index contributed by atoms with van der Waals surface area (Å²) in [7, 11) is -1.62. The molecular formula is C13H24N4O3S. The standard InChI is InChI=1S/C13H24N4O3S/c1-14-7-8-15-9-10-17(11-12(15)13(14)18)21(19,20)16-5-3-2-4-6-16/h12H,2-11H2,1H3/t12-/m1/s1. The molecule has 0 saturated carbocycles. The molecule has 3 aliphatic heterocycles. The summed E-state index contributed by atoms with van der Waals surface area (Å²) < 4.78 is 28.5. The monoisotopic (exact) mass is 316 g/mol. The topological polar surface area (TPSA) is 64.2 Å². The van der Waals surface area contributed by atoms with Crippen molar-refractivity contribution in [2.45, 2.75) is 25.3 Å². The number of likely N-dealkylation sites (N-methyl/N-ethyl adjacent to an activating group) is 1. The Morgan fingerprint density at radius 3 is 2.29 bits per heavy atom. The number of hydrogen-bond donors (Lipinski definition) is 0. The minimum atomic E-state index is -3.41. The lowest BCUT2D eigenvalue weighted by Crippen LogP contribution is -2.65. The van der Waals surface area contributed by atoms with E-state index in [2.05, 4.69) is 4.90 Å². The fraction of sp³-hybridized carbons (Fsp3) is 0.923. The Balaban J connectivity index is 1.73. The number of rotatable bonds is 2. The van der Waals surface area contributed by atoms with E-state index in [4.69, 9.17) is 0 Å². The van der Waals surface area contributed by atoms with E-state index in [0.29, 0.717) is 32.7 Å². The molecule has 0 radical (unpaired) electrons. The van der Waals surface area contributed by atoms with Crippen LogP contribution >= 0.6 is 0 Å². The van der Waals surface area contributed by atoms with E-state index < -0.39 is 10.2 Å². The van der Waals surface area contributed by atoms with Gasteiger partial charge in [0.05, 0.1) is 0 Å². The molecule has 1 amide bonds. The first-order chi connectivity index (χ1) is 10.00. The zero-order chi connectivity index (χ0) is 15.0. The van der Waals surface area contributed by atoms with Crippen LogP contribution in [0.1, 0.15) is 19.3 Å². The highest BCUT2D eigenvalue weighted by Crippen LogP contribution is 2.22. The molecule has 0 aliphatic carbocycles. The maximum atomic E-state index is 12.7. The molecule has 0 aromatic carbocycles. The first-order valence-corrected chi connectivity index (χ1v) is 9.14. The van der Waals surface area contributed by atoms with Gasteiger partial charge in [0.2, 0.25) is 5.91 Å². The highest BCUT2D eigenvalue weighted by molar-refractivity contribution is 7.86. The van der Waals surface area contributed by atoms with Crippen LogP contribution in [-0.2, 0) is 15.0 Å². The Morgan fingerprint density at radius 2 is 1.57 bits per heavy atom. The van der Waals surface area contributed by atoms with E-state index >= 15 is 0 Å². The first kappa shape index (κ1) is 15.2. The van der Waals surface area contributed by atoms with Crippen LogP contribution in [0.2, 0.25) is 0 Å². The number of carbonyl (C=O) groups is 1. The van der Waals surface area contributed by atoms with Crippen LogP contribution in [-0.4, -0.2) is 91.6 Å². The number of fused-ring (bicyclic) bond motifs is 1. The maximum absolute atomic E-state index is 12.7. The molecule has 3 heterocycles. The van der Waals surface area contributed by atoms with Gasteiger partial charge in [0.25, 0.3) is 10.2 Å². The number of hydrogen-bond acceptors (Lipinski definition) is 4.